The maximum Gasteiger partial charge on any atom is 0.307 e. The average molecular weight is 217 g/mol. The lowest BCUT2D eigenvalue weighted by molar-refractivity contribution is -0.136. The maximum absolute atomic E-state index is 10.8. The molecule has 0 unspecified atom stereocenters. The third-order valence-corrected chi connectivity index (χ3v) is 2.30. The van der Waals surface area contributed by atoms with Crippen LogP contribution in [0.3, 0.4) is 0 Å². The minimum absolute atomic E-state index is 0.181. The summed E-state index contributed by atoms with van der Waals surface area (Å²) in [5, 5.41) is 17.6. The minimum atomic E-state index is -0.981. The Kier molecular flexibility index (Phi) is 3.78. The first-order valence-corrected chi connectivity index (χ1v) is 4.85. The Hall–Kier alpha value is -2.15. The molecule has 0 fully saturated rings. The molecule has 0 heterocycles. The fourth-order valence-electron chi connectivity index (χ4n) is 1.63. The van der Waals surface area contributed by atoms with Crippen molar-refractivity contribution in [3.63, 3.8) is 0 Å². The van der Waals surface area contributed by atoms with Crippen LogP contribution >= 0.6 is 0 Å². The highest BCUT2D eigenvalue weighted by Crippen LogP contribution is 2.17. The maximum atomic E-state index is 10.8. The van der Waals surface area contributed by atoms with Gasteiger partial charge in [-0.05, 0) is 29.7 Å². The summed E-state index contributed by atoms with van der Waals surface area (Å²) < 4.78 is 0. The fraction of sp³-hybridized carbons (Fsp3) is 0.250. The van der Waals surface area contributed by atoms with E-state index in [-0.39, 0.29) is 6.42 Å². The van der Waals surface area contributed by atoms with Gasteiger partial charge in [-0.3, -0.25) is 9.59 Å². The molecule has 0 saturated heterocycles. The van der Waals surface area contributed by atoms with E-state index in [0.717, 1.165) is 0 Å². The molecule has 4 heteroatoms. The zero-order chi connectivity index (χ0) is 12.1. The number of nitrogens with zero attached hydrogens (tertiary/aromatic N) is 1. The van der Waals surface area contributed by atoms with Crippen molar-refractivity contribution in [3.8, 4) is 6.07 Å². The van der Waals surface area contributed by atoms with Crippen LogP contribution in [0.15, 0.2) is 12.1 Å². The summed E-state index contributed by atoms with van der Waals surface area (Å²) in [4.78, 5) is 21.4. The lowest BCUT2D eigenvalue weighted by Crippen LogP contribution is -2.04. The van der Waals surface area contributed by atoms with E-state index in [1.807, 2.05) is 13.0 Å². The van der Waals surface area contributed by atoms with Gasteiger partial charge in [-0.1, -0.05) is 6.92 Å². The van der Waals surface area contributed by atoms with Crippen molar-refractivity contribution in [2.24, 2.45) is 0 Å². The number of aliphatic carboxylic acids is 1. The van der Waals surface area contributed by atoms with Gasteiger partial charge in [-0.15, -0.1) is 0 Å². The van der Waals surface area contributed by atoms with E-state index in [2.05, 4.69) is 0 Å². The minimum Gasteiger partial charge on any atom is -0.481 e. The molecular formula is C12H11NO3. The normalized spacial score (nSPS) is 9.50. The van der Waals surface area contributed by atoms with Gasteiger partial charge in [-0.2, -0.15) is 5.26 Å². The van der Waals surface area contributed by atoms with Gasteiger partial charge in [0, 0.05) is 5.56 Å². The lowest BCUT2D eigenvalue weighted by atomic mass is 9.96. The summed E-state index contributed by atoms with van der Waals surface area (Å²) in [6, 6.07) is 5.04. The summed E-state index contributed by atoms with van der Waals surface area (Å²) in [6.45, 7) is 1.85. The number of hydrogen-bond acceptors (Lipinski definition) is 3. The van der Waals surface area contributed by atoms with Crippen molar-refractivity contribution in [1.29, 1.82) is 5.26 Å². The van der Waals surface area contributed by atoms with Crippen molar-refractivity contribution in [1.82, 2.24) is 0 Å². The highest BCUT2D eigenvalue weighted by Gasteiger charge is 2.10. The van der Waals surface area contributed by atoms with E-state index in [4.69, 9.17) is 10.4 Å². The van der Waals surface area contributed by atoms with Crippen LogP contribution < -0.4 is 0 Å². The zero-order valence-electron chi connectivity index (χ0n) is 8.86. The van der Waals surface area contributed by atoms with Gasteiger partial charge >= 0.3 is 5.97 Å². The Morgan fingerprint density at radius 2 is 2.25 bits per heavy atom. The number of carboxylic acids is 1. The number of rotatable bonds is 4. The molecule has 1 N–H and O–H groups in total. The predicted molar refractivity (Wildman–Crippen MR) is 57.3 cm³/mol. The molecule has 0 spiro atoms. The fourth-order valence-corrected chi connectivity index (χ4v) is 1.63. The van der Waals surface area contributed by atoms with Crippen molar-refractivity contribution in [3.05, 3.63) is 34.4 Å². The topological polar surface area (TPSA) is 78.2 Å². The van der Waals surface area contributed by atoms with Crippen LogP contribution in [-0.2, 0) is 17.6 Å². The molecule has 1 aromatic rings. The molecular weight excluding hydrogens is 206 g/mol. The summed E-state index contributed by atoms with van der Waals surface area (Å²) >= 11 is 0. The quantitative estimate of drug-likeness (QED) is 0.776. The second-order valence-corrected chi connectivity index (χ2v) is 3.36. The molecule has 4 nitrogen and oxygen atoms in total. The van der Waals surface area contributed by atoms with Crippen LogP contribution in [0.2, 0.25) is 0 Å². The van der Waals surface area contributed by atoms with Gasteiger partial charge in [0.25, 0.3) is 0 Å². The van der Waals surface area contributed by atoms with Crippen molar-refractivity contribution in [2.45, 2.75) is 19.8 Å². The Labute approximate surface area is 93.1 Å². The highest BCUT2D eigenvalue weighted by molar-refractivity contribution is 5.80. The average Bonchev–Trinajstić information content (AvgIpc) is 2.26. The van der Waals surface area contributed by atoms with Crippen LogP contribution in [-0.4, -0.2) is 17.4 Å². The molecule has 0 aliphatic rings. The number of carbonyl (C=O) groups excluding carboxylic acids is 1. The summed E-state index contributed by atoms with van der Waals surface area (Å²) in [5.41, 5.74) is 1.93. The third kappa shape index (κ3) is 2.45. The summed E-state index contributed by atoms with van der Waals surface area (Å²) in [6.07, 6.45) is 1.05. The van der Waals surface area contributed by atoms with Crippen LogP contribution in [0.1, 0.15) is 34.0 Å². The largest absolute Gasteiger partial charge is 0.481 e. The van der Waals surface area contributed by atoms with Crippen molar-refractivity contribution in [2.75, 3.05) is 0 Å². The molecule has 0 atom stereocenters. The van der Waals surface area contributed by atoms with Gasteiger partial charge in [0.1, 0.15) is 6.29 Å². The van der Waals surface area contributed by atoms with Crippen LogP contribution in [0.5, 0.6) is 0 Å². The number of hydrogen-bond donors (Lipinski definition) is 1. The molecule has 82 valence electrons. The molecule has 0 aliphatic heterocycles. The van der Waals surface area contributed by atoms with Crippen LogP contribution in [0.25, 0.3) is 0 Å². The first-order valence-electron chi connectivity index (χ1n) is 4.85. The molecule has 0 aromatic heterocycles. The first-order chi connectivity index (χ1) is 7.62. The predicted octanol–water partition coefficient (Wildman–Crippen LogP) is 1.56. The van der Waals surface area contributed by atoms with Gasteiger partial charge < -0.3 is 5.11 Å². The van der Waals surface area contributed by atoms with Crippen LogP contribution in [0, 0.1) is 11.3 Å². The number of aldehydes is 1. The van der Waals surface area contributed by atoms with Gasteiger partial charge in [0.15, 0.2) is 0 Å². The van der Waals surface area contributed by atoms with E-state index in [1.165, 1.54) is 12.1 Å². The van der Waals surface area contributed by atoms with Crippen molar-refractivity contribution >= 4 is 12.3 Å². The zero-order valence-corrected chi connectivity index (χ0v) is 8.86. The molecule has 1 aromatic carbocycles. The van der Waals surface area contributed by atoms with Crippen LogP contribution in [0.4, 0.5) is 0 Å². The SMILES string of the molecule is CCc1c(C#N)cc(CC(=O)O)cc1C=O. The van der Waals surface area contributed by atoms with E-state index >= 15 is 0 Å². The van der Waals surface area contributed by atoms with E-state index < -0.39 is 5.97 Å². The van der Waals surface area contributed by atoms with Crippen molar-refractivity contribution < 1.29 is 14.7 Å². The Bertz CT molecular complexity index is 472. The summed E-state index contributed by atoms with van der Waals surface area (Å²) in [7, 11) is 0. The monoisotopic (exact) mass is 217 g/mol. The molecule has 16 heavy (non-hydrogen) atoms. The smallest absolute Gasteiger partial charge is 0.307 e. The van der Waals surface area contributed by atoms with Gasteiger partial charge in [0.2, 0.25) is 0 Å². The van der Waals surface area contributed by atoms with E-state index in [9.17, 15) is 9.59 Å². The molecule has 0 aliphatic carbocycles. The van der Waals surface area contributed by atoms with Gasteiger partial charge in [-0.25, -0.2) is 0 Å². The van der Waals surface area contributed by atoms with Gasteiger partial charge in [0.05, 0.1) is 18.1 Å². The molecule has 0 saturated carbocycles. The number of nitriles is 1. The molecule has 1 rings (SSSR count). The Morgan fingerprint density at radius 3 is 2.69 bits per heavy atom. The Balaban J connectivity index is 3.32. The second kappa shape index (κ2) is 5.08. The molecule has 0 bridgehead atoms. The number of carboxylic acid groups (broad SMARTS) is 1. The number of carbonyl (C=O) groups is 2. The standard InChI is InChI=1S/C12H11NO3/c1-2-11-9(6-13)3-8(5-12(15)16)4-10(11)7-14/h3-4,7H,2,5H2,1H3,(H,15,16). The Morgan fingerprint density at radius 1 is 1.56 bits per heavy atom. The summed E-state index contributed by atoms with van der Waals surface area (Å²) in [5.74, 6) is -0.981. The lowest BCUT2D eigenvalue weighted by Gasteiger charge is -2.07. The molecule has 0 amide bonds. The first kappa shape index (κ1) is 11.9. The molecule has 0 radical (unpaired) electrons. The second-order valence-electron chi connectivity index (χ2n) is 3.36. The van der Waals surface area contributed by atoms with E-state index in [0.29, 0.717) is 35.0 Å². The third-order valence-electron chi connectivity index (χ3n) is 2.30. The highest BCUT2D eigenvalue weighted by atomic mass is 16.4. The van der Waals surface area contributed by atoms with E-state index in [1.54, 1.807) is 0 Å². The number of benzene rings is 1.